The van der Waals surface area contributed by atoms with Gasteiger partial charge in [-0.3, -0.25) is 0 Å². The highest BCUT2D eigenvalue weighted by atomic mass is 32.1. The Morgan fingerprint density at radius 1 is 1.15 bits per heavy atom. The highest BCUT2D eigenvalue weighted by Crippen LogP contribution is 2.28. The van der Waals surface area contributed by atoms with Crippen LogP contribution in [0.5, 0.6) is 0 Å². The van der Waals surface area contributed by atoms with Crippen LogP contribution in [0.4, 0.5) is 11.6 Å². The predicted molar refractivity (Wildman–Crippen MR) is 86.4 cm³/mol. The molecular weight excluding hydrogens is 268 g/mol. The van der Waals surface area contributed by atoms with Crippen molar-refractivity contribution in [2.45, 2.75) is 46.6 Å². The van der Waals surface area contributed by atoms with Gasteiger partial charge in [0.25, 0.3) is 0 Å². The number of hydrogen-bond acceptors (Lipinski definition) is 5. The third-order valence-corrected chi connectivity index (χ3v) is 4.17. The normalized spacial score (nSPS) is 12.7. The van der Waals surface area contributed by atoms with E-state index in [0.717, 1.165) is 11.6 Å². The summed E-state index contributed by atoms with van der Waals surface area (Å²) in [5, 5.41) is 3.42. The summed E-state index contributed by atoms with van der Waals surface area (Å²) >= 11 is 1.82. The van der Waals surface area contributed by atoms with Gasteiger partial charge in [0.15, 0.2) is 0 Å². The van der Waals surface area contributed by atoms with Crippen molar-refractivity contribution in [3.05, 3.63) is 33.3 Å². The number of nitrogens with zero attached hydrogens (tertiary/aromatic N) is 2. The summed E-state index contributed by atoms with van der Waals surface area (Å²) in [6, 6.07) is 4.22. The zero-order valence-corrected chi connectivity index (χ0v) is 13.5. The van der Waals surface area contributed by atoms with E-state index in [1.54, 1.807) is 6.07 Å². The van der Waals surface area contributed by atoms with E-state index in [9.17, 15) is 0 Å². The second-order valence-electron chi connectivity index (χ2n) is 5.43. The fraction of sp³-hybridized carbons (Fsp3) is 0.467. The maximum atomic E-state index is 5.86. The largest absolute Gasteiger partial charge is 0.384 e. The Hall–Kier alpha value is -1.62. The number of aromatic nitrogens is 2. The van der Waals surface area contributed by atoms with Gasteiger partial charge in [-0.1, -0.05) is 13.8 Å². The average Bonchev–Trinajstić information content (AvgIpc) is 2.67. The molecule has 0 bridgehead atoms. The summed E-state index contributed by atoms with van der Waals surface area (Å²) in [6.45, 7) is 10.6. The first-order chi connectivity index (χ1) is 9.36. The molecule has 108 valence electrons. The molecule has 4 nitrogen and oxygen atoms in total. The lowest BCUT2D eigenvalue weighted by Crippen LogP contribution is -2.11. The minimum Gasteiger partial charge on any atom is -0.384 e. The lowest BCUT2D eigenvalue weighted by atomic mass is 10.1. The van der Waals surface area contributed by atoms with Gasteiger partial charge in [0.1, 0.15) is 17.5 Å². The highest BCUT2D eigenvalue weighted by molar-refractivity contribution is 7.12. The van der Waals surface area contributed by atoms with Gasteiger partial charge in [-0.2, -0.15) is 0 Å². The fourth-order valence-electron chi connectivity index (χ4n) is 2.20. The number of rotatable bonds is 4. The van der Waals surface area contributed by atoms with Crippen LogP contribution in [0, 0.1) is 13.8 Å². The van der Waals surface area contributed by atoms with Crippen LogP contribution in [0.1, 0.15) is 53.9 Å². The maximum absolute atomic E-state index is 5.86. The van der Waals surface area contributed by atoms with Crippen molar-refractivity contribution in [2.75, 3.05) is 11.1 Å². The maximum Gasteiger partial charge on any atom is 0.135 e. The van der Waals surface area contributed by atoms with Crippen LogP contribution in [-0.2, 0) is 0 Å². The molecule has 0 aromatic carbocycles. The Bertz CT molecular complexity index is 604. The number of nitrogens with one attached hydrogen (secondary N) is 1. The predicted octanol–water partition coefficient (Wildman–Crippen LogP) is 4.03. The summed E-state index contributed by atoms with van der Waals surface area (Å²) in [5.74, 6) is 2.34. The van der Waals surface area contributed by atoms with Gasteiger partial charge in [0.05, 0.1) is 6.04 Å². The number of hydrogen-bond donors (Lipinski definition) is 2. The molecular formula is C15H22N4S. The van der Waals surface area contributed by atoms with E-state index < -0.39 is 0 Å². The van der Waals surface area contributed by atoms with Crippen molar-refractivity contribution in [1.82, 2.24) is 9.97 Å². The van der Waals surface area contributed by atoms with Gasteiger partial charge >= 0.3 is 0 Å². The monoisotopic (exact) mass is 290 g/mol. The standard InChI is InChI=1S/C15H22N4S/c1-8(2)15-18-13(16)7-14(19-15)17-10(4)12-6-9(3)20-11(12)5/h6-8,10H,1-5H3,(H3,16,17,18,19). The molecule has 0 aliphatic heterocycles. The van der Waals surface area contributed by atoms with Gasteiger partial charge in [0, 0.05) is 21.7 Å². The number of thiophene rings is 1. The zero-order chi connectivity index (χ0) is 14.9. The van der Waals surface area contributed by atoms with Crippen molar-refractivity contribution < 1.29 is 0 Å². The van der Waals surface area contributed by atoms with Crippen molar-refractivity contribution in [2.24, 2.45) is 0 Å². The smallest absolute Gasteiger partial charge is 0.135 e. The summed E-state index contributed by atoms with van der Waals surface area (Å²) in [6.07, 6.45) is 0. The van der Waals surface area contributed by atoms with E-state index in [4.69, 9.17) is 5.73 Å². The minimum atomic E-state index is 0.203. The number of nitrogen functional groups attached to an aromatic ring is 1. The second-order valence-corrected chi connectivity index (χ2v) is 6.89. The number of anilines is 2. The third-order valence-electron chi connectivity index (χ3n) is 3.19. The molecule has 2 rings (SSSR count). The van der Waals surface area contributed by atoms with Crippen LogP contribution in [0.25, 0.3) is 0 Å². The van der Waals surface area contributed by atoms with Gasteiger partial charge in [-0.25, -0.2) is 9.97 Å². The summed E-state index contributed by atoms with van der Waals surface area (Å²) < 4.78 is 0. The zero-order valence-electron chi connectivity index (χ0n) is 12.7. The Labute approximate surface area is 124 Å². The van der Waals surface area contributed by atoms with E-state index in [1.807, 2.05) is 11.3 Å². The first-order valence-corrected chi connectivity index (χ1v) is 7.66. The van der Waals surface area contributed by atoms with Gasteiger partial charge in [-0.15, -0.1) is 11.3 Å². The molecule has 20 heavy (non-hydrogen) atoms. The third kappa shape index (κ3) is 3.28. The van der Waals surface area contributed by atoms with Gasteiger partial charge < -0.3 is 11.1 Å². The van der Waals surface area contributed by atoms with Crippen LogP contribution in [-0.4, -0.2) is 9.97 Å². The van der Waals surface area contributed by atoms with E-state index in [1.165, 1.54) is 15.3 Å². The molecule has 0 amide bonds. The molecule has 2 aromatic heterocycles. The van der Waals surface area contributed by atoms with Crippen molar-refractivity contribution >= 4 is 23.0 Å². The average molecular weight is 290 g/mol. The van der Waals surface area contributed by atoms with Crippen LogP contribution in [0.15, 0.2) is 12.1 Å². The van der Waals surface area contributed by atoms with Crippen molar-refractivity contribution in [3.63, 3.8) is 0 Å². The molecule has 2 heterocycles. The van der Waals surface area contributed by atoms with Gasteiger partial charge in [0.2, 0.25) is 0 Å². The van der Waals surface area contributed by atoms with Crippen LogP contribution in [0.3, 0.4) is 0 Å². The van der Waals surface area contributed by atoms with Crippen molar-refractivity contribution in [1.29, 1.82) is 0 Å². The summed E-state index contributed by atoms with van der Waals surface area (Å²) in [5.41, 5.74) is 7.17. The topological polar surface area (TPSA) is 63.8 Å². The quantitative estimate of drug-likeness (QED) is 0.892. The van der Waals surface area contributed by atoms with E-state index in [0.29, 0.717) is 5.82 Å². The Morgan fingerprint density at radius 3 is 2.40 bits per heavy atom. The molecule has 3 N–H and O–H groups in total. The minimum absolute atomic E-state index is 0.203. The molecule has 1 unspecified atom stereocenters. The first-order valence-electron chi connectivity index (χ1n) is 6.84. The SMILES string of the molecule is Cc1cc(C(C)Nc2cc(N)nc(C(C)C)n2)c(C)s1. The molecule has 0 saturated heterocycles. The van der Waals surface area contributed by atoms with Crippen LogP contribution >= 0.6 is 11.3 Å². The van der Waals surface area contributed by atoms with E-state index in [2.05, 4.69) is 56.0 Å². The lowest BCUT2D eigenvalue weighted by Gasteiger charge is -2.16. The molecule has 0 aliphatic rings. The second kappa shape index (κ2) is 5.79. The summed E-state index contributed by atoms with van der Waals surface area (Å²) in [4.78, 5) is 11.5. The van der Waals surface area contributed by atoms with Crippen molar-refractivity contribution in [3.8, 4) is 0 Å². The summed E-state index contributed by atoms with van der Waals surface area (Å²) in [7, 11) is 0. The molecule has 0 aliphatic carbocycles. The molecule has 0 spiro atoms. The molecule has 0 radical (unpaired) electrons. The Morgan fingerprint density at radius 2 is 1.85 bits per heavy atom. The molecule has 0 fully saturated rings. The number of aryl methyl sites for hydroxylation is 2. The van der Waals surface area contributed by atoms with Crippen LogP contribution in [0.2, 0.25) is 0 Å². The lowest BCUT2D eigenvalue weighted by molar-refractivity contribution is 0.771. The first kappa shape index (κ1) is 14.8. The Kier molecular flexibility index (Phi) is 4.28. The molecule has 1 atom stereocenters. The highest BCUT2D eigenvalue weighted by Gasteiger charge is 2.13. The Balaban J connectivity index is 2.23. The fourth-order valence-corrected chi connectivity index (χ4v) is 3.22. The molecule has 0 saturated carbocycles. The van der Waals surface area contributed by atoms with Crippen LogP contribution < -0.4 is 11.1 Å². The van der Waals surface area contributed by atoms with E-state index in [-0.39, 0.29) is 12.0 Å². The van der Waals surface area contributed by atoms with E-state index >= 15 is 0 Å². The van der Waals surface area contributed by atoms with Gasteiger partial charge in [-0.05, 0) is 32.4 Å². The number of nitrogens with two attached hydrogens (primary N) is 1. The molecule has 5 heteroatoms. The molecule has 2 aromatic rings.